The second-order valence-electron chi connectivity index (χ2n) is 6.24. The lowest BCUT2D eigenvalue weighted by Crippen LogP contribution is -2.09. The molecule has 5 heteroatoms. The monoisotopic (exact) mass is 325 g/mol. The van der Waals surface area contributed by atoms with Crippen LogP contribution in [-0.4, -0.2) is 15.1 Å². The molecule has 0 spiro atoms. The molecule has 4 nitrogen and oxygen atoms in total. The Morgan fingerprint density at radius 1 is 1.35 bits per heavy atom. The fourth-order valence-electron chi connectivity index (χ4n) is 3.25. The molecule has 0 fully saturated rings. The summed E-state index contributed by atoms with van der Waals surface area (Å²) >= 11 is 1.80. The third-order valence-electron chi connectivity index (χ3n) is 4.46. The molecule has 1 atom stereocenters. The van der Waals surface area contributed by atoms with E-state index in [-0.39, 0.29) is 6.61 Å². The van der Waals surface area contributed by atoms with Crippen LogP contribution in [0.5, 0.6) is 0 Å². The van der Waals surface area contributed by atoms with E-state index in [4.69, 9.17) is 0 Å². The van der Waals surface area contributed by atoms with E-state index in [1.54, 1.807) is 17.7 Å². The summed E-state index contributed by atoms with van der Waals surface area (Å²) in [5, 5.41) is 13.9. The molecule has 0 aliphatic heterocycles. The first-order valence-corrected chi connectivity index (χ1v) is 8.78. The van der Waals surface area contributed by atoms with Crippen molar-refractivity contribution in [2.24, 2.45) is 5.92 Å². The number of nitrogens with one attached hydrogen (secondary N) is 1. The second kappa shape index (κ2) is 5.91. The molecule has 2 aromatic heterocycles. The maximum absolute atomic E-state index is 9.30. The third-order valence-corrected chi connectivity index (χ3v) is 5.63. The molecule has 0 saturated heterocycles. The van der Waals surface area contributed by atoms with E-state index >= 15 is 0 Å². The zero-order valence-electron chi connectivity index (χ0n) is 13.0. The maximum Gasteiger partial charge on any atom is 0.142 e. The highest BCUT2D eigenvalue weighted by atomic mass is 32.1. The summed E-state index contributed by atoms with van der Waals surface area (Å²) in [5.41, 5.74) is 3.26. The van der Waals surface area contributed by atoms with Gasteiger partial charge in [0.25, 0.3) is 0 Å². The minimum atomic E-state index is 0.0421. The van der Waals surface area contributed by atoms with Crippen LogP contribution in [0.1, 0.15) is 29.3 Å². The number of aliphatic hydroxyl groups excluding tert-OH is 1. The van der Waals surface area contributed by atoms with Gasteiger partial charge in [0.15, 0.2) is 0 Å². The van der Waals surface area contributed by atoms with Crippen LogP contribution >= 0.6 is 11.3 Å². The topological polar surface area (TPSA) is 58.0 Å². The number of anilines is 2. The summed E-state index contributed by atoms with van der Waals surface area (Å²) in [6.45, 7) is 2.36. The molecule has 1 aliphatic carbocycles. The largest absolute Gasteiger partial charge is 0.392 e. The molecule has 1 aliphatic rings. The van der Waals surface area contributed by atoms with Gasteiger partial charge in [0, 0.05) is 10.6 Å². The molecule has 0 radical (unpaired) electrons. The van der Waals surface area contributed by atoms with Gasteiger partial charge >= 0.3 is 0 Å². The number of benzene rings is 1. The van der Waals surface area contributed by atoms with Crippen LogP contribution in [0.3, 0.4) is 0 Å². The lowest BCUT2D eigenvalue weighted by molar-refractivity contribution is 0.282. The Labute approximate surface area is 139 Å². The normalized spacial score (nSPS) is 17.2. The van der Waals surface area contributed by atoms with E-state index in [1.165, 1.54) is 22.2 Å². The van der Waals surface area contributed by atoms with Crippen LogP contribution in [0.25, 0.3) is 10.2 Å². The number of aliphatic hydroxyl groups is 1. The highest BCUT2D eigenvalue weighted by Gasteiger charge is 2.23. The number of thiophene rings is 1. The lowest BCUT2D eigenvalue weighted by atomic mass is 9.89. The Balaban J connectivity index is 1.78. The molecule has 118 valence electrons. The molecule has 2 heterocycles. The summed E-state index contributed by atoms with van der Waals surface area (Å²) in [6.07, 6.45) is 5.12. The summed E-state index contributed by atoms with van der Waals surface area (Å²) in [4.78, 5) is 11.5. The number of aryl methyl sites for hydroxylation is 1. The zero-order chi connectivity index (χ0) is 15.8. The molecule has 4 rings (SSSR count). The van der Waals surface area contributed by atoms with Crippen molar-refractivity contribution in [1.82, 2.24) is 9.97 Å². The van der Waals surface area contributed by atoms with Gasteiger partial charge in [-0.3, -0.25) is 0 Å². The summed E-state index contributed by atoms with van der Waals surface area (Å²) in [6, 6.07) is 7.80. The standard InChI is InChI=1S/C18H19N3OS/c1-11-5-6-14-15(7-11)23-18-16(14)17(19-10-20-18)21-13-4-2-3-12(8-13)9-22/h2-4,8,10-11,22H,5-7,9H2,1H3,(H,19,20,21)/t11-/m1/s1. The molecular weight excluding hydrogens is 306 g/mol. The average molecular weight is 325 g/mol. The van der Waals surface area contributed by atoms with Gasteiger partial charge in [-0.1, -0.05) is 19.1 Å². The smallest absolute Gasteiger partial charge is 0.142 e. The van der Waals surface area contributed by atoms with Gasteiger partial charge in [-0.2, -0.15) is 0 Å². The fourth-order valence-corrected chi connectivity index (χ4v) is 4.60. The van der Waals surface area contributed by atoms with Crippen LogP contribution in [0.15, 0.2) is 30.6 Å². The highest BCUT2D eigenvalue weighted by molar-refractivity contribution is 7.19. The summed E-state index contributed by atoms with van der Waals surface area (Å²) in [7, 11) is 0. The molecule has 1 aromatic carbocycles. The van der Waals surface area contributed by atoms with Gasteiger partial charge < -0.3 is 10.4 Å². The Morgan fingerprint density at radius 2 is 2.26 bits per heavy atom. The number of fused-ring (bicyclic) bond motifs is 3. The molecule has 3 aromatic rings. The number of rotatable bonds is 3. The Kier molecular flexibility index (Phi) is 3.75. The van der Waals surface area contributed by atoms with Crippen LogP contribution < -0.4 is 5.32 Å². The molecule has 23 heavy (non-hydrogen) atoms. The first-order valence-electron chi connectivity index (χ1n) is 7.96. The van der Waals surface area contributed by atoms with Gasteiger partial charge in [-0.25, -0.2) is 9.97 Å². The van der Waals surface area contributed by atoms with Crippen LogP contribution in [0.4, 0.5) is 11.5 Å². The minimum absolute atomic E-state index is 0.0421. The Morgan fingerprint density at radius 3 is 3.13 bits per heavy atom. The van der Waals surface area contributed by atoms with E-state index in [9.17, 15) is 5.11 Å². The maximum atomic E-state index is 9.30. The Hall–Kier alpha value is -1.98. The fraction of sp³-hybridized carbons (Fsp3) is 0.333. The van der Waals surface area contributed by atoms with Crippen molar-refractivity contribution >= 4 is 33.1 Å². The van der Waals surface area contributed by atoms with Crippen molar-refractivity contribution in [2.75, 3.05) is 5.32 Å². The number of hydrogen-bond acceptors (Lipinski definition) is 5. The number of nitrogens with zero attached hydrogens (tertiary/aromatic N) is 2. The summed E-state index contributed by atoms with van der Waals surface area (Å²) in [5.74, 6) is 1.62. The predicted molar refractivity (Wildman–Crippen MR) is 94.3 cm³/mol. The lowest BCUT2D eigenvalue weighted by Gasteiger charge is -2.18. The zero-order valence-corrected chi connectivity index (χ0v) is 13.9. The van der Waals surface area contributed by atoms with Crippen molar-refractivity contribution in [2.45, 2.75) is 32.8 Å². The SMILES string of the molecule is C[C@@H]1CCc2c(sc3ncnc(Nc4cccc(CO)c4)c23)C1. The Bertz CT molecular complexity index is 859. The molecule has 0 saturated carbocycles. The average Bonchev–Trinajstić information content (AvgIpc) is 2.93. The third kappa shape index (κ3) is 2.71. The molecule has 0 unspecified atom stereocenters. The van der Waals surface area contributed by atoms with Gasteiger partial charge in [0.2, 0.25) is 0 Å². The highest BCUT2D eigenvalue weighted by Crippen LogP contribution is 2.40. The van der Waals surface area contributed by atoms with Gasteiger partial charge in [-0.15, -0.1) is 11.3 Å². The van der Waals surface area contributed by atoms with Gasteiger partial charge in [0.1, 0.15) is 17.0 Å². The van der Waals surface area contributed by atoms with E-state index < -0.39 is 0 Å². The second-order valence-corrected chi connectivity index (χ2v) is 7.32. The molecule has 0 amide bonds. The van der Waals surface area contributed by atoms with Crippen molar-refractivity contribution in [1.29, 1.82) is 0 Å². The summed E-state index contributed by atoms with van der Waals surface area (Å²) < 4.78 is 0. The number of aromatic nitrogens is 2. The quantitative estimate of drug-likeness (QED) is 0.762. The predicted octanol–water partition coefficient (Wildman–Crippen LogP) is 4.05. The van der Waals surface area contributed by atoms with Crippen molar-refractivity contribution < 1.29 is 5.11 Å². The van der Waals surface area contributed by atoms with Crippen molar-refractivity contribution in [3.63, 3.8) is 0 Å². The van der Waals surface area contributed by atoms with Crippen LogP contribution in [-0.2, 0) is 19.4 Å². The van der Waals surface area contributed by atoms with Crippen LogP contribution in [0.2, 0.25) is 0 Å². The molecule has 0 bridgehead atoms. The van der Waals surface area contributed by atoms with Gasteiger partial charge in [0.05, 0.1) is 12.0 Å². The molecule has 2 N–H and O–H groups in total. The minimum Gasteiger partial charge on any atom is -0.392 e. The van der Waals surface area contributed by atoms with E-state index in [0.29, 0.717) is 0 Å². The first kappa shape index (κ1) is 14.6. The van der Waals surface area contributed by atoms with Crippen molar-refractivity contribution in [3.8, 4) is 0 Å². The van der Waals surface area contributed by atoms with Crippen LogP contribution in [0, 0.1) is 5.92 Å². The number of hydrogen-bond donors (Lipinski definition) is 2. The molecular formula is C18H19N3OS. The van der Waals surface area contributed by atoms with E-state index in [0.717, 1.165) is 40.7 Å². The first-order chi connectivity index (χ1) is 11.2. The van der Waals surface area contributed by atoms with Crippen molar-refractivity contribution in [3.05, 3.63) is 46.6 Å². The van der Waals surface area contributed by atoms with E-state index in [2.05, 4.69) is 22.2 Å². The van der Waals surface area contributed by atoms with E-state index in [1.807, 2.05) is 24.3 Å². The van der Waals surface area contributed by atoms with Gasteiger partial charge in [-0.05, 0) is 48.4 Å².